The van der Waals surface area contributed by atoms with E-state index in [2.05, 4.69) is 5.32 Å². The van der Waals surface area contributed by atoms with Gasteiger partial charge >= 0.3 is 0 Å². The molecule has 0 heterocycles. The average molecular weight is 229 g/mol. The topological polar surface area (TPSA) is 49.3 Å². The number of carbonyl (C=O) groups excluding carboxylic acids is 1. The van der Waals surface area contributed by atoms with Crippen LogP contribution in [0.3, 0.4) is 0 Å². The van der Waals surface area contributed by atoms with Crippen molar-refractivity contribution in [2.45, 2.75) is 19.4 Å². The van der Waals surface area contributed by atoms with Gasteiger partial charge in [0.15, 0.2) is 0 Å². The number of rotatable bonds is 4. The molecule has 0 saturated heterocycles. The van der Waals surface area contributed by atoms with Crippen LogP contribution in [0.5, 0.6) is 0 Å². The Morgan fingerprint density at radius 2 is 2.00 bits per heavy atom. The number of aliphatic hydroxyl groups excluding tert-OH is 1. The molecule has 16 heavy (non-hydrogen) atoms. The van der Waals surface area contributed by atoms with Crippen LogP contribution in [0.1, 0.15) is 12.5 Å². The summed E-state index contributed by atoms with van der Waals surface area (Å²) in [6.45, 7) is 1.38. The standard InChI is InChI=1S/C11H13F2NO2/c1-7(6-15)14-11(16)5-8-9(12)3-2-4-10(8)13/h2-4,7,15H,5-6H2,1H3,(H,14,16)/t7-/m0/s1. The highest BCUT2D eigenvalue weighted by atomic mass is 19.1. The minimum atomic E-state index is -0.744. The summed E-state index contributed by atoms with van der Waals surface area (Å²) in [5.74, 6) is -2.01. The van der Waals surface area contributed by atoms with Crippen molar-refractivity contribution in [2.24, 2.45) is 0 Å². The Morgan fingerprint density at radius 3 is 2.50 bits per heavy atom. The first kappa shape index (κ1) is 12.6. The summed E-state index contributed by atoms with van der Waals surface area (Å²) < 4.78 is 26.3. The number of hydrogen-bond acceptors (Lipinski definition) is 2. The van der Waals surface area contributed by atoms with E-state index in [9.17, 15) is 13.6 Å². The smallest absolute Gasteiger partial charge is 0.224 e. The Morgan fingerprint density at radius 1 is 1.44 bits per heavy atom. The molecule has 0 aromatic heterocycles. The van der Waals surface area contributed by atoms with Gasteiger partial charge in [0.1, 0.15) is 11.6 Å². The van der Waals surface area contributed by atoms with E-state index in [1.54, 1.807) is 6.92 Å². The highest BCUT2D eigenvalue weighted by Gasteiger charge is 2.13. The van der Waals surface area contributed by atoms with E-state index in [1.165, 1.54) is 6.07 Å². The molecular formula is C11H13F2NO2. The van der Waals surface area contributed by atoms with E-state index >= 15 is 0 Å². The molecule has 0 aliphatic heterocycles. The van der Waals surface area contributed by atoms with Crippen molar-refractivity contribution in [2.75, 3.05) is 6.61 Å². The molecule has 0 radical (unpaired) electrons. The quantitative estimate of drug-likeness (QED) is 0.809. The van der Waals surface area contributed by atoms with Gasteiger partial charge < -0.3 is 10.4 Å². The molecule has 0 spiro atoms. The zero-order valence-electron chi connectivity index (χ0n) is 8.84. The molecule has 0 bridgehead atoms. The normalized spacial score (nSPS) is 12.2. The first-order chi connectivity index (χ1) is 7.54. The van der Waals surface area contributed by atoms with Gasteiger partial charge in [0, 0.05) is 11.6 Å². The molecule has 5 heteroatoms. The monoisotopic (exact) mass is 229 g/mol. The van der Waals surface area contributed by atoms with Gasteiger partial charge in [0.2, 0.25) is 5.91 Å². The summed E-state index contributed by atoms with van der Waals surface area (Å²) in [5, 5.41) is 11.1. The minimum Gasteiger partial charge on any atom is -0.394 e. The van der Waals surface area contributed by atoms with Gasteiger partial charge in [-0.1, -0.05) is 6.07 Å². The number of carbonyl (C=O) groups is 1. The summed E-state index contributed by atoms with van der Waals surface area (Å²) in [4.78, 5) is 11.3. The Hall–Kier alpha value is -1.49. The lowest BCUT2D eigenvalue weighted by Gasteiger charge is -2.11. The molecule has 0 saturated carbocycles. The summed E-state index contributed by atoms with van der Waals surface area (Å²) in [7, 11) is 0. The second-order valence-corrected chi connectivity index (χ2v) is 3.53. The third-order valence-electron chi connectivity index (χ3n) is 2.08. The Labute approximate surface area is 92.1 Å². The Kier molecular flexibility index (Phi) is 4.37. The van der Waals surface area contributed by atoms with Crippen molar-refractivity contribution in [3.63, 3.8) is 0 Å². The molecule has 3 nitrogen and oxygen atoms in total. The van der Waals surface area contributed by atoms with Crippen LogP contribution in [-0.2, 0) is 11.2 Å². The van der Waals surface area contributed by atoms with E-state index < -0.39 is 23.6 Å². The lowest BCUT2D eigenvalue weighted by molar-refractivity contribution is -0.121. The fourth-order valence-corrected chi connectivity index (χ4v) is 1.23. The lowest BCUT2D eigenvalue weighted by atomic mass is 10.1. The van der Waals surface area contributed by atoms with Crippen LogP contribution in [-0.4, -0.2) is 23.7 Å². The van der Waals surface area contributed by atoms with E-state index in [0.29, 0.717) is 0 Å². The molecule has 0 aliphatic rings. The van der Waals surface area contributed by atoms with Gasteiger partial charge in [0.25, 0.3) is 0 Å². The van der Waals surface area contributed by atoms with E-state index in [1.807, 2.05) is 0 Å². The van der Waals surface area contributed by atoms with Crippen molar-refractivity contribution in [3.05, 3.63) is 35.4 Å². The molecular weight excluding hydrogens is 216 g/mol. The molecule has 1 rings (SSSR count). The van der Waals surface area contributed by atoms with Crippen molar-refractivity contribution in [1.82, 2.24) is 5.32 Å². The number of hydrogen-bond donors (Lipinski definition) is 2. The first-order valence-corrected chi connectivity index (χ1v) is 4.87. The van der Waals surface area contributed by atoms with E-state index in [0.717, 1.165) is 12.1 Å². The zero-order chi connectivity index (χ0) is 12.1. The van der Waals surface area contributed by atoms with Crippen LogP contribution in [0.2, 0.25) is 0 Å². The molecule has 0 fully saturated rings. The summed E-state index contributed by atoms with van der Waals surface area (Å²) in [6, 6.07) is 3.01. The van der Waals surface area contributed by atoms with E-state index in [-0.39, 0.29) is 18.6 Å². The molecule has 1 aromatic carbocycles. The summed E-state index contributed by atoms with van der Waals surface area (Å²) in [5.41, 5.74) is -0.259. The van der Waals surface area contributed by atoms with Crippen molar-refractivity contribution in [3.8, 4) is 0 Å². The van der Waals surface area contributed by atoms with E-state index in [4.69, 9.17) is 5.11 Å². The molecule has 0 unspecified atom stereocenters. The van der Waals surface area contributed by atoms with Crippen molar-refractivity contribution in [1.29, 1.82) is 0 Å². The molecule has 1 amide bonds. The maximum absolute atomic E-state index is 13.2. The van der Waals surface area contributed by atoms with Crippen LogP contribution in [0.25, 0.3) is 0 Å². The fraction of sp³-hybridized carbons (Fsp3) is 0.364. The van der Waals surface area contributed by atoms with Gasteiger partial charge in [-0.05, 0) is 19.1 Å². The second-order valence-electron chi connectivity index (χ2n) is 3.53. The van der Waals surface area contributed by atoms with Gasteiger partial charge in [-0.2, -0.15) is 0 Å². The second kappa shape index (κ2) is 5.55. The zero-order valence-corrected chi connectivity index (χ0v) is 8.84. The maximum atomic E-state index is 13.2. The first-order valence-electron chi connectivity index (χ1n) is 4.87. The van der Waals surface area contributed by atoms with Crippen LogP contribution in [0.4, 0.5) is 8.78 Å². The Balaban J connectivity index is 2.70. The number of benzene rings is 1. The number of aliphatic hydroxyl groups is 1. The molecule has 1 aromatic rings. The highest BCUT2D eigenvalue weighted by molar-refractivity contribution is 5.78. The minimum absolute atomic E-state index is 0.217. The highest BCUT2D eigenvalue weighted by Crippen LogP contribution is 2.12. The van der Waals surface area contributed by atoms with Crippen LogP contribution in [0, 0.1) is 11.6 Å². The maximum Gasteiger partial charge on any atom is 0.224 e. The summed E-state index contributed by atoms with van der Waals surface area (Å²) >= 11 is 0. The molecule has 0 aliphatic carbocycles. The number of nitrogens with one attached hydrogen (secondary N) is 1. The Bertz CT molecular complexity index is 362. The van der Waals surface area contributed by atoms with Gasteiger partial charge in [-0.25, -0.2) is 8.78 Å². The largest absolute Gasteiger partial charge is 0.394 e. The molecule has 2 N–H and O–H groups in total. The third kappa shape index (κ3) is 3.27. The number of halogens is 2. The predicted octanol–water partition coefficient (Wildman–Crippen LogP) is 1.00. The third-order valence-corrected chi connectivity index (χ3v) is 2.08. The molecule has 1 atom stereocenters. The predicted molar refractivity (Wildman–Crippen MR) is 54.8 cm³/mol. The van der Waals surface area contributed by atoms with Crippen LogP contribution >= 0.6 is 0 Å². The molecule has 88 valence electrons. The summed E-state index contributed by atoms with van der Waals surface area (Å²) in [6.07, 6.45) is -0.372. The van der Waals surface area contributed by atoms with Gasteiger partial charge in [-0.3, -0.25) is 4.79 Å². The van der Waals surface area contributed by atoms with Crippen molar-refractivity contribution < 1.29 is 18.7 Å². The SMILES string of the molecule is C[C@@H](CO)NC(=O)Cc1c(F)cccc1F. The fourth-order valence-electron chi connectivity index (χ4n) is 1.23. The van der Waals surface area contributed by atoms with Crippen LogP contribution in [0.15, 0.2) is 18.2 Å². The van der Waals surface area contributed by atoms with Gasteiger partial charge in [-0.15, -0.1) is 0 Å². The lowest BCUT2D eigenvalue weighted by Crippen LogP contribution is -2.36. The number of amides is 1. The van der Waals surface area contributed by atoms with Gasteiger partial charge in [0.05, 0.1) is 13.0 Å². The van der Waals surface area contributed by atoms with Crippen molar-refractivity contribution >= 4 is 5.91 Å². The van der Waals surface area contributed by atoms with Crippen LogP contribution < -0.4 is 5.32 Å². The average Bonchev–Trinajstić information content (AvgIpc) is 2.23.